The standard InChI is InChI=1S/C33H52O2/c1-4-6-8-10-12-14-16-21-25-34-32-27-29(3)31(30-23-19-18-20-24-30)28-33(32)35-26-22-17-15-13-11-9-7-5-2/h18-20,23-24,27-28H,4-17,21-22,25-26H2,1-3H3. The molecule has 2 rings (SSSR count). The summed E-state index contributed by atoms with van der Waals surface area (Å²) >= 11 is 0. The normalized spacial score (nSPS) is 11.1. The maximum atomic E-state index is 6.31. The molecule has 0 radical (unpaired) electrons. The largest absolute Gasteiger partial charge is 0.490 e. The Kier molecular flexibility index (Phi) is 16.1. The van der Waals surface area contributed by atoms with Crippen molar-refractivity contribution in [3.63, 3.8) is 0 Å². The van der Waals surface area contributed by atoms with Gasteiger partial charge in [0.1, 0.15) is 0 Å². The third-order valence-corrected chi connectivity index (χ3v) is 6.89. The summed E-state index contributed by atoms with van der Waals surface area (Å²) in [5, 5.41) is 0. The first-order valence-corrected chi connectivity index (χ1v) is 14.7. The van der Waals surface area contributed by atoms with Crippen molar-refractivity contribution in [2.75, 3.05) is 13.2 Å². The van der Waals surface area contributed by atoms with Gasteiger partial charge in [0, 0.05) is 0 Å². The van der Waals surface area contributed by atoms with Crippen molar-refractivity contribution in [3.05, 3.63) is 48.0 Å². The summed E-state index contributed by atoms with van der Waals surface area (Å²) in [5.74, 6) is 1.81. The van der Waals surface area contributed by atoms with E-state index in [2.05, 4.69) is 63.2 Å². The second-order valence-electron chi connectivity index (χ2n) is 10.1. The molecule has 0 amide bonds. The molecular weight excluding hydrogens is 428 g/mol. The minimum atomic E-state index is 0.764. The summed E-state index contributed by atoms with van der Waals surface area (Å²) in [6.07, 6.45) is 21.0. The quantitative estimate of drug-likeness (QED) is 0.165. The van der Waals surface area contributed by atoms with Gasteiger partial charge in [0.05, 0.1) is 13.2 Å². The SMILES string of the molecule is CCCCCCCCCCOc1cc(C)c(-c2ccccc2)cc1OCCCCCCCCCC. The van der Waals surface area contributed by atoms with E-state index >= 15 is 0 Å². The summed E-state index contributed by atoms with van der Waals surface area (Å²) in [7, 11) is 0. The molecule has 0 aromatic heterocycles. The highest BCUT2D eigenvalue weighted by Gasteiger charge is 2.12. The number of aryl methyl sites for hydroxylation is 1. The van der Waals surface area contributed by atoms with Crippen LogP contribution in [0, 0.1) is 6.92 Å². The van der Waals surface area contributed by atoms with E-state index in [9.17, 15) is 0 Å². The van der Waals surface area contributed by atoms with E-state index in [0.29, 0.717) is 0 Å². The smallest absolute Gasteiger partial charge is 0.161 e. The topological polar surface area (TPSA) is 18.5 Å². The van der Waals surface area contributed by atoms with Crippen LogP contribution in [0.5, 0.6) is 11.5 Å². The van der Waals surface area contributed by atoms with E-state index < -0.39 is 0 Å². The molecule has 0 aliphatic carbocycles. The Hall–Kier alpha value is -1.96. The summed E-state index contributed by atoms with van der Waals surface area (Å²) in [6.45, 7) is 8.26. The molecule has 0 N–H and O–H groups in total. The molecule has 0 unspecified atom stereocenters. The van der Waals surface area contributed by atoms with E-state index in [1.165, 1.54) is 107 Å². The van der Waals surface area contributed by atoms with Gasteiger partial charge in [-0.3, -0.25) is 0 Å². The van der Waals surface area contributed by atoms with Gasteiger partial charge in [-0.05, 0) is 48.6 Å². The average Bonchev–Trinajstić information content (AvgIpc) is 2.88. The molecule has 2 heteroatoms. The first-order valence-electron chi connectivity index (χ1n) is 14.7. The van der Waals surface area contributed by atoms with Crippen molar-refractivity contribution < 1.29 is 9.47 Å². The first kappa shape index (κ1) is 29.3. The van der Waals surface area contributed by atoms with E-state index in [4.69, 9.17) is 9.47 Å². The van der Waals surface area contributed by atoms with E-state index in [0.717, 1.165) is 37.6 Å². The van der Waals surface area contributed by atoms with Crippen LogP contribution >= 0.6 is 0 Å². The molecule has 35 heavy (non-hydrogen) atoms. The molecule has 0 saturated heterocycles. The van der Waals surface area contributed by atoms with Crippen LogP contribution in [0.2, 0.25) is 0 Å². The lowest BCUT2D eigenvalue weighted by Crippen LogP contribution is -2.04. The molecule has 0 spiro atoms. The monoisotopic (exact) mass is 480 g/mol. The Morgan fingerprint density at radius 2 is 0.943 bits per heavy atom. The Labute approximate surface area is 216 Å². The molecule has 2 nitrogen and oxygen atoms in total. The van der Waals surface area contributed by atoms with Crippen molar-refractivity contribution in [2.24, 2.45) is 0 Å². The highest BCUT2D eigenvalue weighted by Crippen LogP contribution is 2.36. The summed E-state index contributed by atoms with van der Waals surface area (Å²) in [6, 6.07) is 15.0. The minimum absolute atomic E-state index is 0.764. The van der Waals surface area contributed by atoms with Gasteiger partial charge >= 0.3 is 0 Å². The molecule has 0 bridgehead atoms. The maximum Gasteiger partial charge on any atom is 0.161 e. The second kappa shape index (κ2) is 19.3. The van der Waals surface area contributed by atoms with Gasteiger partial charge < -0.3 is 9.47 Å². The number of unbranched alkanes of at least 4 members (excludes halogenated alkanes) is 14. The molecule has 0 atom stereocenters. The second-order valence-corrected chi connectivity index (χ2v) is 10.1. The van der Waals surface area contributed by atoms with Crippen molar-refractivity contribution in [3.8, 4) is 22.6 Å². The molecule has 0 aliphatic heterocycles. The molecule has 0 saturated carbocycles. The Balaban J connectivity index is 1.85. The highest BCUT2D eigenvalue weighted by molar-refractivity contribution is 5.70. The van der Waals surface area contributed by atoms with Crippen LogP contribution in [0.3, 0.4) is 0 Å². The van der Waals surface area contributed by atoms with Crippen LogP contribution in [-0.2, 0) is 0 Å². The predicted molar refractivity (Wildman–Crippen MR) is 153 cm³/mol. The maximum absolute atomic E-state index is 6.31. The molecule has 196 valence electrons. The highest BCUT2D eigenvalue weighted by atomic mass is 16.5. The van der Waals surface area contributed by atoms with Crippen molar-refractivity contribution in [2.45, 2.75) is 124 Å². The van der Waals surface area contributed by atoms with Crippen molar-refractivity contribution in [1.29, 1.82) is 0 Å². The molecule has 0 fully saturated rings. The van der Waals surface area contributed by atoms with E-state index in [1.807, 2.05) is 0 Å². The zero-order valence-corrected chi connectivity index (χ0v) is 23.1. The summed E-state index contributed by atoms with van der Waals surface area (Å²) < 4.78 is 12.6. The lowest BCUT2D eigenvalue weighted by molar-refractivity contribution is 0.258. The first-order chi connectivity index (χ1) is 17.3. The third-order valence-electron chi connectivity index (χ3n) is 6.89. The number of rotatable bonds is 21. The lowest BCUT2D eigenvalue weighted by atomic mass is 10.00. The number of ether oxygens (including phenoxy) is 2. The average molecular weight is 481 g/mol. The van der Waals surface area contributed by atoms with Gasteiger partial charge in [-0.1, -0.05) is 134 Å². The van der Waals surface area contributed by atoms with Crippen LogP contribution < -0.4 is 9.47 Å². The Morgan fingerprint density at radius 1 is 0.514 bits per heavy atom. The van der Waals surface area contributed by atoms with Crippen LogP contribution in [0.4, 0.5) is 0 Å². The fraction of sp³-hybridized carbons (Fsp3) is 0.636. The van der Waals surface area contributed by atoms with Gasteiger partial charge in [0.2, 0.25) is 0 Å². The number of benzene rings is 2. The number of hydrogen-bond donors (Lipinski definition) is 0. The van der Waals surface area contributed by atoms with Gasteiger partial charge in [-0.2, -0.15) is 0 Å². The summed E-state index contributed by atoms with van der Waals surface area (Å²) in [4.78, 5) is 0. The Morgan fingerprint density at radius 3 is 1.43 bits per heavy atom. The van der Waals surface area contributed by atoms with Gasteiger partial charge in [0.15, 0.2) is 11.5 Å². The van der Waals surface area contributed by atoms with Crippen LogP contribution in [0.25, 0.3) is 11.1 Å². The van der Waals surface area contributed by atoms with Gasteiger partial charge in [-0.15, -0.1) is 0 Å². The summed E-state index contributed by atoms with van der Waals surface area (Å²) in [5.41, 5.74) is 3.70. The number of hydrogen-bond acceptors (Lipinski definition) is 2. The zero-order chi connectivity index (χ0) is 25.0. The molecule has 0 aliphatic rings. The fourth-order valence-corrected chi connectivity index (χ4v) is 4.65. The van der Waals surface area contributed by atoms with E-state index in [-0.39, 0.29) is 0 Å². The molecular formula is C33H52O2. The molecule has 2 aromatic carbocycles. The zero-order valence-electron chi connectivity index (χ0n) is 23.1. The Bertz CT molecular complexity index is 768. The van der Waals surface area contributed by atoms with Crippen molar-refractivity contribution in [1.82, 2.24) is 0 Å². The van der Waals surface area contributed by atoms with Crippen molar-refractivity contribution >= 4 is 0 Å². The van der Waals surface area contributed by atoms with Gasteiger partial charge in [-0.25, -0.2) is 0 Å². The third kappa shape index (κ3) is 12.5. The minimum Gasteiger partial charge on any atom is -0.490 e. The van der Waals surface area contributed by atoms with Gasteiger partial charge in [0.25, 0.3) is 0 Å². The fourth-order valence-electron chi connectivity index (χ4n) is 4.65. The lowest BCUT2D eigenvalue weighted by Gasteiger charge is -2.17. The molecule has 2 aromatic rings. The van der Waals surface area contributed by atoms with Crippen LogP contribution in [0.15, 0.2) is 42.5 Å². The molecule has 0 heterocycles. The predicted octanol–water partition coefficient (Wildman–Crippen LogP) is 10.7. The van der Waals surface area contributed by atoms with Crippen LogP contribution in [0.1, 0.15) is 122 Å². The van der Waals surface area contributed by atoms with Crippen LogP contribution in [-0.4, -0.2) is 13.2 Å². The van der Waals surface area contributed by atoms with E-state index in [1.54, 1.807) is 0 Å².